The van der Waals surface area contributed by atoms with Gasteiger partial charge in [0, 0.05) is 13.1 Å². The Labute approximate surface area is 148 Å². The largest absolute Gasteiger partial charge is 0.338 e. The molecular weight excluding hydrogens is 300 g/mol. The maximum atomic E-state index is 11.7. The maximum absolute atomic E-state index is 11.7. The van der Waals surface area contributed by atoms with Crippen LogP contribution in [-0.4, -0.2) is 68.2 Å². The molecule has 0 spiro atoms. The van der Waals surface area contributed by atoms with Crippen LogP contribution in [0.3, 0.4) is 0 Å². The highest BCUT2D eigenvalue weighted by molar-refractivity contribution is 5.73. The molecule has 0 aromatic heterocycles. The monoisotopic (exact) mass is 338 g/mol. The lowest BCUT2D eigenvalue weighted by molar-refractivity contribution is 0.222. The Morgan fingerprint density at radius 1 is 0.625 bits per heavy atom. The SMILES string of the molecule is O=C(NCCCCN1CCCCC1)NCCCCN1CCCCC1. The molecular formula is C19H38N4O. The van der Waals surface area contributed by atoms with E-state index in [4.69, 9.17) is 0 Å². The number of likely N-dealkylation sites (tertiary alicyclic amines) is 2. The number of unbranched alkanes of at least 4 members (excludes halogenated alkanes) is 2. The van der Waals surface area contributed by atoms with Crippen LogP contribution in [0.5, 0.6) is 0 Å². The Hall–Kier alpha value is -0.810. The minimum atomic E-state index is 0.00550. The number of hydrogen-bond donors (Lipinski definition) is 2. The summed E-state index contributed by atoms with van der Waals surface area (Å²) in [6.07, 6.45) is 12.8. The summed E-state index contributed by atoms with van der Waals surface area (Å²) in [5.41, 5.74) is 0. The van der Waals surface area contributed by atoms with E-state index < -0.39 is 0 Å². The summed E-state index contributed by atoms with van der Waals surface area (Å²) in [5, 5.41) is 5.96. The third-order valence-corrected chi connectivity index (χ3v) is 5.27. The van der Waals surface area contributed by atoms with Crippen LogP contribution >= 0.6 is 0 Å². The molecule has 24 heavy (non-hydrogen) atoms. The van der Waals surface area contributed by atoms with Crippen molar-refractivity contribution in [3.05, 3.63) is 0 Å². The van der Waals surface area contributed by atoms with Gasteiger partial charge in [-0.25, -0.2) is 4.79 Å². The van der Waals surface area contributed by atoms with E-state index >= 15 is 0 Å². The Balaban J connectivity index is 1.34. The smallest absolute Gasteiger partial charge is 0.314 e. The number of hydrogen-bond acceptors (Lipinski definition) is 3. The highest BCUT2D eigenvalue weighted by atomic mass is 16.2. The van der Waals surface area contributed by atoms with Gasteiger partial charge in [0.05, 0.1) is 0 Å². The summed E-state index contributed by atoms with van der Waals surface area (Å²) in [7, 11) is 0. The van der Waals surface area contributed by atoms with Crippen molar-refractivity contribution in [2.24, 2.45) is 0 Å². The number of carbonyl (C=O) groups excluding carboxylic acids is 1. The minimum Gasteiger partial charge on any atom is -0.338 e. The molecule has 140 valence electrons. The lowest BCUT2D eigenvalue weighted by Crippen LogP contribution is -2.37. The highest BCUT2D eigenvalue weighted by Crippen LogP contribution is 2.09. The first-order valence-electron chi connectivity index (χ1n) is 10.3. The van der Waals surface area contributed by atoms with E-state index in [2.05, 4.69) is 20.4 Å². The first-order valence-corrected chi connectivity index (χ1v) is 10.3. The summed E-state index contributed by atoms with van der Waals surface area (Å²) in [6, 6.07) is 0.00550. The molecule has 2 amide bonds. The van der Waals surface area contributed by atoms with E-state index in [0.29, 0.717) is 0 Å². The first-order chi connectivity index (χ1) is 11.8. The molecule has 0 saturated carbocycles. The second-order valence-electron chi connectivity index (χ2n) is 7.40. The van der Waals surface area contributed by atoms with Crippen LogP contribution in [0.1, 0.15) is 64.2 Å². The molecule has 2 heterocycles. The average Bonchev–Trinajstić information content (AvgIpc) is 2.63. The summed E-state index contributed by atoms with van der Waals surface area (Å²) in [4.78, 5) is 16.9. The third-order valence-electron chi connectivity index (χ3n) is 5.27. The number of amides is 2. The van der Waals surface area contributed by atoms with Crippen LogP contribution < -0.4 is 10.6 Å². The standard InChI is InChI=1S/C19H38N4O/c24-19(20-11-3-9-17-22-13-5-1-6-14-22)21-12-4-10-18-23-15-7-2-8-16-23/h1-18H2,(H2,20,21,24). The molecule has 2 aliphatic heterocycles. The van der Waals surface area contributed by atoms with Gasteiger partial charge < -0.3 is 20.4 Å². The first kappa shape index (κ1) is 19.5. The van der Waals surface area contributed by atoms with Crippen molar-refractivity contribution in [1.82, 2.24) is 20.4 Å². The van der Waals surface area contributed by atoms with Crippen LogP contribution in [0.4, 0.5) is 4.79 Å². The van der Waals surface area contributed by atoms with E-state index in [1.54, 1.807) is 0 Å². The van der Waals surface area contributed by atoms with E-state index in [9.17, 15) is 4.79 Å². The van der Waals surface area contributed by atoms with E-state index in [1.165, 1.54) is 90.6 Å². The van der Waals surface area contributed by atoms with Crippen LogP contribution in [-0.2, 0) is 0 Å². The lowest BCUT2D eigenvalue weighted by Gasteiger charge is -2.26. The molecule has 0 unspecified atom stereocenters. The minimum absolute atomic E-state index is 0.00550. The summed E-state index contributed by atoms with van der Waals surface area (Å²) < 4.78 is 0. The molecule has 0 radical (unpaired) electrons. The zero-order chi connectivity index (χ0) is 16.9. The number of urea groups is 1. The molecule has 0 aliphatic carbocycles. The Bertz CT molecular complexity index is 295. The lowest BCUT2D eigenvalue weighted by atomic mass is 10.1. The molecule has 2 fully saturated rings. The number of nitrogens with zero attached hydrogens (tertiary/aromatic N) is 2. The van der Waals surface area contributed by atoms with Crippen LogP contribution in [0, 0.1) is 0 Å². The molecule has 2 rings (SSSR count). The molecule has 5 heteroatoms. The molecule has 2 N–H and O–H groups in total. The number of piperidine rings is 2. The van der Waals surface area contributed by atoms with Gasteiger partial charge in [0.15, 0.2) is 0 Å². The highest BCUT2D eigenvalue weighted by Gasteiger charge is 2.10. The average molecular weight is 339 g/mol. The zero-order valence-corrected chi connectivity index (χ0v) is 15.5. The normalized spacial score (nSPS) is 20.0. The van der Waals surface area contributed by atoms with Gasteiger partial charge in [0.1, 0.15) is 0 Å². The number of carbonyl (C=O) groups is 1. The fraction of sp³-hybridized carbons (Fsp3) is 0.947. The van der Waals surface area contributed by atoms with Gasteiger partial charge in [0.2, 0.25) is 0 Å². The van der Waals surface area contributed by atoms with Gasteiger partial charge in [-0.1, -0.05) is 12.8 Å². The third kappa shape index (κ3) is 8.88. The van der Waals surface area contributed by atoms with Crippen molar-refractivity contribution in [2.75, 3.05) is 52.4 Å². The Morgan fingerprint density at radius 3 is 1.46 bits per heavy atom. The van der Waals surface area contributed by atoms with Gasteiger partial charge in [-0.05, 0) is 90.6 Å². The topological polar surface area (TPSA) is 47.6 Å². The Kier molecular flexibility index (Phi) is 10.2. The molecule has 2 aliphatic rings. The summed E-state index contributed by atoms with van der Waals surface area (Å²) in [5.74, 6) is 0. The van der Waals surface area contributed by atoms with Crippen LogP contribution in [0.25, 0.3) is 0 Å². The molecule has 5 nitrogen and oxygen atoms in total. The van der Waals surface area contributed by atoms with E-state index in [0.717, 1.165) is 25.9 Å². The summed E-state index contributed by atoms with van der Waals surface area (Å²) in [6.45, 7) is 9.06. The van der Waals surface area contributed by atoms with E-state index in [1.807, 2.05) is 0 Å². The van der Waals surface area contributed by atoms with Gasteiger partial charge in [-0.3, -0.25) is 0 Å². The molecule has 0 aromatic rings. The molecule has 0 aromatic carbocycles. The van der Waals surface area contributed by atoms with Gasteiger partial charge in [-0.2, -0.15) is 0 Å². The predicted octanol–water partition coefficient (Wildman–Crippen LogP) is 2.82. The second kappa shape index (κ2) is 12.5. The predicted molar refractivity (Wildman–Crippen MR) is 100 cm³/mol. The molecule has 2 saturated heterocycles. The van der Waals surface area contributed by atoms with Crippen molar-refractivity contribution in [3.8, 4) is 0 Å². The van der Waals surface area contributed by atoms with Crippen LogP contribution in [0.2, 0.25) is 0 Å². The van der Waals surface area contributed by atoms with Crippen molar-refractivity contribution >= 4 is 6.03 Å². The Morgan fingerprint density at radius 2 is 1.04 bits per heavy atom. The van der Waals surface area contributed by atoms with Crippen molar-refractivity contribution in [1.29, 1.82) is 0 Å². The van der Waals surface area contributed by atoms with Gasteiger partial charge in [-0.15, -0.1) is 0 Å². The number of rotatable bonds is 10. The number of nitrogens with one attached hydrogen (secondary N) is 2. The quantitative estimate of drug-likeness (QED) is 0.602. The van der Waals surface area contributed by atoms with Gasteiger partial charge in [0.25, 0.3) is 0 Å². The van der Waals surface area contributed by atoms with Crippen molar-refractivity contribution < 1.29 is 4.79 Å². The molecule has 0 bridgehead atoms. The zero-order valence-electron chi connectivity index (χ0n) is 15.5. The van der Waals surface area contributed by atoms with E-state index in [-0.39, 0.29) is 6.03 Å². The summed E-state index contributed by atoms with van der Waals surface area (Å²) >= 11 is 0. The van der Waals surface area contributed by atoms with Crippen molar-refractivity contribution in [2.45, 2.75) is 64.2 Å². The fourth-order valence-electron chi connectivity index (χ4n) is 3.75. The van der Waals surface area contributed by atoms with Crippen molar-refractivity contribution in [3.63, 3.8) is 0 Å². The van der Waals surface area contributed by atoms with Gasteiger partial charge >= 0.3 is 6.03 Å². The van der Waals surface area contributed by atoms with Crippen LogP contribution in [0.15, 0.2) is 0 Å². The fourth-order valence-corrected chi connectivity index (χ4v) is 3.75. The maximum Gasteiger partial charge on any atom is 0.314 e. The second-order valence-corrected chi connectivity index (χ2v) is 7.40. The molecule has 0 atom stereocenters.